The summed E-state index contributed by atoms with van der Waals surface area (Å²) < 4.78 is 8.49. The normalized spacial score (nSPS) is 22.2. The highest BCUT2D eigenvalue weighted by Gasteiger charge is 2.66. The van der Waals surface area contributed by atoms with Crippen molar-refractivity contribution in [1.29, 1.82) is 0 Å². The van der Waals surface area contributed by atoms with E-state index >= 15 is 0 Å². The van der Waals surface area contributed by atoms with Crippen LogP contribution in [0.15, 0.2) is 29.1 Å². The lowest BCUT2D eigenvalue weighted by Gasteiger charge is -2.55. The predicted octanol–water partition coefficient (Wildman–Crippen LogP) is -1.00. The highest BCUT2D eigenvalue weighted by atomic mass is 32.2. The number of fused-ring (bicyclic) bond motifs is 1. The lowest BCUT2D eigenvalue weighted by Crippen LogP contribution is -2.80. The zero-order valence-corrected chi connectivity index (χ0v) is 19.9. The molecule has 33 heavy (non-hydrogen) atoms. The summed E-state index contributed by atoms with van der Waals surface area (Å²) in [6.07, 6.45) is 2.84. The van der Waals surface area contributed by atoms with Gasteiger partial charge in [-0.3, -0.25) is 14.5 Å². The Labute approximate surface area is 199 Å². The lowest BCUT2D eigenvalue weighted by atomic mass is 9.98. The fourth-order valence-electron chi connectivity index (χ4n) is 3.34. The smallest absolute Gasteiger partial charge is 0.352 e. The quantitative estimate of drug-likeness (QED) is 0.225. The van der Waals surface area contributed by atoms with Crippen LogP contribution >= 0.6 is 35.3 Å². The number of hydrogen-bond acceptors (Lipinski definition) is 12. The Balaban J connectivity index is 1.44. The average molecular weight is 514 g/mol. The number of ether oxygens (including phenoxy) is 1. The second-order valence-electron chi connectivity index (χ2n) is 6.87. The molecule has 0 aliphatic carbocycles. The molecule has 1 fully saturated rings. The molecular formula is C16H19N9O5S3. The number of carbonyl (C=O) groups is 3. The number of aryl methyl sites for hydroxylation is 1. The van der Waals surface area contributed by atoms with Crippen molar-refractivity contribution in [2.75, 3.05) is 24.4 Å². The van der Waals surface area contributed by atoms with Gasteiger partial charge in [-0.05, 0) is 16.0 Å². The first kappa shape index (κ1) is 23.5. The van der Waals surface area contributed by atoms with Gasteiger partial charge < -0.3 is 15.2 Å². The summed E-state index contributed by atoms with van der Waals surface area (Å²) >= 11 is 3.91. The van der Waals surface area contributed by atoms with Crippen LogP contribution in [0.3, 0.4) is 0 Å². The first-order chi connectivity index (χ1) is 15.9. The van der Waals surface area contributed by atoms with Crippen molar-refractivity contribution >= 4 is 53.1 Å². The largest absolute Gasteiger partial charge is 0.477 e. The number of rotatable bonds is 10. The fourth-order valence-corrected chi connectivity index (χ4v) is 6.46. The number of amides is 2. The summed E-state index contributed by atoms with van der Waals surface area (Å²) in [5.74, 6) is -1.18. The highest BCUT2D eigenvalue weighted by Crippen LogP contribution is 2.47. The first-order valence-electron chi connectivity index (χ1n) is 9.39. The third-order valence-electron chi connectivity index (χ3n) is 4.85. The molecule has 17 heteroatoms. The topological polar surface area (TPSA) is 170 Å². The monoisotopic (exact) mass is 513 g/mol. The van der Waals surface area contributed by atoms with Gasteiger partial charge in [0, 0.05) is 25.7 Å². The van der Waals surface area contributed by atoms with Gasteiger partial charge in [0.25, 0.3) is 11.6 Å². The van der Waals surface area contributed by atoms with E-state index in [2.05, 4.69) is 30.9 Å². The van der Waals surface area contributed by atoms with E-state index in [4.69, 9.17) is 4.74 Å². The van der Waals surface area contributed by atoms with Crippen molar-refractivity contribution in [3.8, 4) is 0 Å². The molecule has 2 aliphatic heterocycles. The van der Waals surface area contributed by atoms with Crippen LogP contribution < -0.4 is 5.32 Å². The third kappa shape index (κ3) is 4.44. The van der Waals surface area contributed by atoms with E-state index in [1.807, 2.05) is 0 Å². The van der Waals surface area contributed by atoms with E-state index in [9.17, 15) is 19.5 Å². The number of tetrazole rings is 1. The minimum absolute atomic E-state index is 0.0385. The SMILES string of the molecule is CO[C@@]1(NC(=O)CSCn2cnnn2)C(=O)N2C(C(=O)O)=C(CSc3ncnn3C)CSC21. The molecule has 0 bridgehead atoms. The number of aromatic nitrogens is 7. The van der Waals surface area contributed by atoms with Gasteiger partial charge in [0.05, 0.1) is 11.6 Å². The number of methoxy groups -OCH3 is 1. The van der Waals surface area contributed by atoms with Gasteiger partial charge >= 0.3 is 5.97 Å². The number of nitrogens with zero attached hydrogens (tertiary/aromatic N) is 8. The molecule has 4 heterocycles. The summed E-state index contributed by atoms with van der Waals surface area (Å²) in [5.41, 5.74) is -1.13. The Morgan fingerprint density at radius 1 is 1.45 bits per heavy atom. The summed E-state index contributed by atoms with van der Waals surface area (Å²) in [6, 6.07) is 0. The summed E-state index contributed by atoms with van der Waals surface area (Å²) in [5, 5.41) is 27.1. The Hall–Kier alpha value is -2.63. The number of β-lactam (4-membered cyclic amide) rings is 1. The van der Waals surface area contributed by atoms with E-state index in [-0.39, 0.29) is 11.4 Å². The molecule has 2 N–H and O–H groups in total. The molecule has 176 valence electrons. The van der Waals surface area contributed by atoms with Crippen molar-refractivity contribution in [1.82, 2.24) is 45.2 Å². The van der Waals surface area contributed by atoms with Crippen LogP contribution in [0.4, 0.5) is 0 Å². The number of hydrogen-bond donors (Lipinski definition) is 2. The van der Waals surface area contributed by atoms with E-state index in [0.29, 0.717) is 28.1 Å². The molecule has 0 aromatic carbocycles. The van der Waals surface area contributed by atoms with Crippen LogP contribution in [0, 0.1) is 0 Å². The van der Waals surface area contributed by atoms with Gasteiger partial charge in [-0.15, -0.1) is 28.6 Å². The van der Waals surface area contributed by atoms with Gasteiger partial charge in [-0.25, -0.2) is 19.1 Å². The molecule has 0 saturated carbocycles. The van der Waals surface area contributed by atoms with E-state index in [0.717, 1.165) is 0 Å². The van der Waals surface area contributed by atoms with Crippen molar-refractivity contribution < 1.29 is 24.2 Å². The Kier molecular flexibility index (Phi) is 6.91. The highest BCUT2D eigenvalue weighted by molar-refractivity contribution is 8.01. The Morgan fingerprint density at radius 3 is 2.91 bits per heavy atom. The second kappa shape index (κ2) is 9.70. The van der Waals surface area contributed by atoms with Crippen LogP contribution in [-0.4, -0.2) is 98.2 Å². The minimum Gasteiger partial charge on any atom is -0.477 e. The van der Waals surface area contributed by atoms with E-state index in [1.54, 1.807) is 11.7 Å². The maximum atomic E-state index is 13.1. The first-order valence-corrected chi connectivity index (χ1v) is 12.6. The third-order valence-corrected chi connectivity index (χ3v) is 8.26. The average Bonchev–Trinajstić information content (AvgIpc) is 3.46. The fraction of sp³-hybridized carbons (Fsp3) is 0.500. The molecule has 2 atom stereocenters. The van der Waals surface area contributed by atoms with Crippen LogP contribution in [0.5, 0.6) is 0 Å². The van der Waals surface area contributed by atoms with Crippen LogP contribution in [-0.2, 0) is 32.0 Å². The van der Waals surface area contributed by atoms with Gasteiger partial charge in [0.2, 0.25) is 5.91 Å². The Morgan fingerprint density at radius 2 is 2.27 bits per heavy atom. The zero-order valence-electron chi connectivity index (χ0n) is 17.4. The van der Waals surface area contributed by atoms with Gasteiger partial charge in [-0.2, -0.15) is 5.10 Å². The van der Waals surface area contributed by atoms with Gasteiger partial charge in [-0.1, -0.05) is 11.8 Å². The number of aliphatic carboxylic acids is 1. The van der Waals surface area contributed by atoms with E-state index in [1.165, 1.54) is 64.6 Å². The zero-order chi connectivity index (χ0) is 23.6. The predicted molar refractivity (Wildman–Crippen MR) is 118 cm³/mol. The molecular weight excluding hydrogens is 494 g/mol. The molecule has 1 unspecified atom stereocenters. The number of carboxylic acids is 1. The van der Waals surface area contributed by atoms with Crippen molar-refractivity contribution in [3.63, 3.8) is 0 Å². The number of carbonyl (C=O) groups excluding carboxylic acids is 2. The van der Waals surface area contributed by atoms with Crippen LogP contribution in [0.1, 0.15) is 0 Å². The molecule has 2 aliphatic rings. The number of carboxylic acid groups (broad SMARTS) is 1. The second-order valence-corrected chi connectivity index (χ2v) is 9.83. The van der Waals surface area contributed by atoms with Crippen LogP contribution in [0.25, 0.3) is 0 Å². The van der Waals surface area contributed by atoms with Crippen molar-refractivity contribution in [3.05, 3.63) is 23.9 Å². The van der Waals surface area contributed by atoms with Crippen molar-refractivity contribution in [2.24, 2.45) is 7.05 Å². The molecule has 4 rings (SSSR count). The molecule has 0 spiro atoms. The number of thioether (sulfide) groups is 3. The maximum Gasteiger partial charge on any atom is 0.352 e. The Bertz CT molecular complexity index is 1090. The minimum atomic E-state index is -1.62. The summed E-state index contributed by atoms with van der Waals surface area (Å²) in [7, 11) is 3.05. The summed E-state index contributed by atoms with van der Waals surface area (Å²) in [4.78, 5) is 43.0. The molecule has 14 nitrogen and oxygen atoms in total. The van der Waals surface area contributed by atoms with Gasteiger partial charge in [0.1, 0.15) is 23.7 Å². The van der Waals surface area contributed by atoms with Gasteiger partial charge in [0.15, 0.2) is 5.16 Å². The van der Waals surface area contributed by atoms with E-state index < -0.39 is 28.9 Å². The summed E-state index contributed by atoms with van der Waals surface area (Å²) in [6.45, 7) is 0. The van der Waals surface area contributed by atoms with Crippen LogP contribution in [0.2, 0.25) is 0 Å². The molecule has 1 saturated heterocycles. The maximum absolute atomic E-state index is 13.1. The molecule has 2 aromatic heterocycles. The molecule has 2 amide bonds. The molecule has 0 radical (unpaired) electrons. The number of nitrogens with one attached hydrogen (secondary N) is 1. The lowest BCUT2D eigenvalue weighted by molar-refractivity contribution is -0.192. The standard InChI is InChI=1S/C16H19N9O5S3/c1-23-15(17-6-19-23)33-4-9-3-32-14-16(30-2,13(29)25(14)11(9)12(27)28)20-10(26)5-31-8-24-7-18-21-22-24/h6-7,14H,3-5,8H2,1-2H3,(H,20,26)(H,27,28)/t14?,16-/m0/s1. The molecule has 2 aromatic rings. The van der Waals surface area contributed by atoms with Crippen molar-refractivity contribution in [2.45, 2.75) is 22.1 Å².